The maximum Gasteiger partial charge on any atom is 0.339 e. The summed E-state index contributed by atoms with van der Waals surface area (Å²) in [5, 5.41) is 2.41. The summed E-state index contributed by atoms with van der Waals surface area (Å²) >= 11 is 0. The molecule has 0 amide bonds. The van der Waals surface area contributed by atoms with Crippen molar-refractivity contribution in [3.8, 4) is 33.4 Å². The number of halogens is 6. The quantitative estimate of drug-likeness (QED) is 0.112. The second-order valence-electron chi connectivity index (χ2n) is 10.6. The van der Waals surface area contributed by atoms with Gasteiger partial charge in [0.25, 0.3) is 0 Å². The Hall–Kier alpha value is -5.11. The van der Waals surface area contributed by atoms with E-state index < -0.39 is 47.0 Å². The van der Waals surface area contributed by atoms with Crippen LogP contribution in [0.3, 0.4) is 0 Å². The monoisotopic (exact) mass is 600 g/mol. The zero-order chi connectivity index (χ0) is 31.3. The summed E-state index contributed by atoms with van der Waals surface area (Å²) in [7, 11) is 0. The number of fused-ring (bicyclic) bond motifs is 2. The second kappa shape index (κ2) is 11.2. The van der Waals surface area contributed by atoms with E-state index in [1.165, 1.54) is 0 Å². The molecule has 0 aliphatic rings. The summed E-state index contributed by atoms with van der Waals surface area (Å²) < 4.78 is 91.2. The van der Waals surface area contributed by atoms with E-state index in [9.17, 15) is 31.1 Å². The topological polar surface area (TPSA) is 26.3 Å². The summed E-state index contributed by atoms with van der Waals surface area (Å²) in [6.07, 6.45) is -0.579. The number of esters is 1. The summed E-state index contributed by atoms with van der Waals surface area (Å²) in [4.78, 5) is 13.9. The van der Waals surface area contributed by atoms with Crippen LogP contribution in [0.25, 0.3) is 54.9 Å². The molecule has 0 fully saturated rings. The van der Waals surface area contributed by atoms with Gasteiger partial charge < -0.3 is 4.74 Å². The van der Waals surface area contributed by atoms with E-state index in [2.05, 4.69) is 0 Å². The molecule has 0 radical (unpaired) electrons. The molecular formula is C36H22F6O2. The van der Waals surface area contributed by atoms with Gasteiger partial charge in [0.2, 0.25) is 0 Å². The van der Waals surface area contributed by atoms with Gasteiger partial charge in [-0.2, -0.15) is 0 Å². The first kappa shape index (κ1) is 29.0. The van der Waals surface area contributed by atoms with E-state index >= 15 is 0 Å². The number of hydrogen-bond donors (Lipinski definition) is 0. The lowest BCUT2D eigenvalue weighted by Crippen LogP contribution is -2.14. The Labute approximate surface area is 248 Å². The zero-order valence-electron chi connectivity index (χ0n) is 23.3. The number of ether oxygens (including phenoxy) is 1. The highest BCUT2D eigenvalue weighted by molar-refractivity contribution is 6.17. The second-order valence-corrected chi connectivity index (χ2v) is 10.6. The van der Waals surface area contributed by atoms with E-state index in [1.807, 2.05) is 0 Å². The van der Waals surface area contributed by atoms with Gasteiger partial charge in [0.05, 0.1) is 11.7 Å². The average molecular weight is 601 g/mol. The van der Waals surface area contributed by atoms with E-state index in [0.717, 1.165) is 24.3 Å². The average Bonchev–Trinajstić information content (AvgIpc) is 3.00. The van der Waals surface area contributed by atoms with E-state index in [1.54, 1.807) is 80.6 Å². The van der Waals surface area contributed by atoms with Crippen LogP contribution in [0.1, 0.15) is 24.2 Å². The standard InChI is InChI=1S/C36H22F6O2/c1-18(2)44-36(43)33-26(23-16-30(39)35(42)31(40)17-23)12-20-8-4-6-10-25(20)32(33)27-13-21(11-19-7-3-5-9-24(19)27)22-14-28(37)34(41)29(38)15-22/h3-18H,1-2H3. The first-order valence-corrected chi connectivity index (χ1v) is 13.6. The third kappa shape index (κ3) is 5.06. The molecule has 0 aliphatic carbocycles. The van der Waals surface area contributed by atoms with Crippen molar-refractivity contribution in [3.05, 3.63) is 131 Å². The highest BCUT2D eigenvalue weighted by Gasteiger charge is 2.27. The maximum absolute atomic E-state index is 14.5. The number of hydrogen-bond acceptors (Lipinski definition) is 2. The van der Waals surface area contributed by atoms with Crippen molar-refractivity contribution in [2.45, 2.75) is 20.0 Å². The van der Waals surface area contributed by atoms with Crippen LogP contribution in [-0.2, 0) is 4.74 Å². The fourth-order valence-electron chi connectivity index (χ4n) is 5.46. The maximum atomic E-state index is 14.5. The highest BCUT2D eigenvalue weighted by atomic mass is 19.2. The predicted molar refractivity (Wildman–Crippen MR) is 158 cm³/mol. The molecule has 0 aromatic heterocycles. The van der Waals surface area contributed by atoms with Gasteiger partial charge in [0, 0.05) is 5.56 Å². The normalized spacial score (nSPS) is 11.5. The highest BCUT2D eigenvalue weighted by Crippen LogP contribution is 2.44. The van der Waals surface area contributed by atoms with Crippen LogP contribution in [0.5, 0.6) is 0 Å². The van der Waals surface area contributed by atoms with Crippen LogP contribution >= 0.6 is 0 Å². The predicted octanol–water partition coefficient (Wildman–Crippen LogP) is 10.4. The van der Waals surface area contributed by atoms with Gasteiger partial charge >= 0.3 is 5.97 Å². The minimum atomic E-state index is -1.65. The van der Waals surface area contributed by atoms with Gasteiger partial charge in [-0.3, -0.25) is 0 Å². The van der Waals surface area contributed by atoms with Crippen LogP contribution < -0.4 is 0 Å². The lowest BCUT2D eigenvalue weighted by molar-refractivity contribution is 0.0380. The van der Waals surface area contributed by atoms with Crippen LogP contribution in [0.15, 0.2) is 91.0 Å². The zero-order valence-corrected chi connectivity index (χ0v) is 23.3. The van der Waals surface area contributed by atoms with Crippen molar-refractivity contribution in [2.24, 2.45) is 0 Å². The Kier molecular flexibility index (Phi) is 7.37. The van der Waals surface area contributed by atoms with Crippen molar-refractivity contribution in [1.82, 2.24) is 0 Å². The van der Waals surface area contributed by atoms with E-state index in [0.29, 0.717) is 38.2 Å². The Morgan fingerprint density at radius 1 is 0.568 bits per heavy atom. The van der Waals surface area contributed by atoms with Crippen molar-refractivity contribution >= 4 is 27.5 Å². The molecule has 0 N–H and O–H groups in total. The molecule has 0 bridgehead atoms. The fourth-order valence-corrected chi connectivity index (χ4v) is 5.46. The van der Waals surface area contributed by atoms with Crippen LogP contribution in [0.4, 0.5) is 26.3 Å². The number of carbonyl (C=O) groups is 1. The molecule has 2 nitrogen and oxygen atoms in total. The molecule has 0 spiro atoms. The van der Waals surface area contributed by atoms with Crippen LogP contribution in [0.2, 0.25) is 0 Å². The smallest absolute Gasteiger partial charge is 0.339 e. The molecule has 0 aliphatic heterocycles. The SMILES string of the molecule is CC(C)OC(=O)c1c(-c2cc(F)c(F)c(F)c2)cc2ccccc2c1-c1cc(-c2cc(F)c(F)c(F)c2)cc2ccccc12. The Morgan fingerprint density at radius 3 is 1.61 bits per heavy atom. The Balaban J connectivity index is 1.78. The van der Waals surface area contributed by atoms with Crippen molar-refractivity contribution in [3.63, 3.8) is 0 Å². The molecule has 0 unspecified atom stereocenters. The van der Waals surface area contributed by atoms with E-state index in [4.69, 9.17) is 4.74 Å². The molecule has 6 aromatic carbocycles. The van der Waals surface area contributed by atoms with Gasteiger partial charge in [-0.15, -0.1) is 0 Å². The van der Waals surface area contributed by atoms with Gasteiger partial charge in [-0.05, 0) is 106 Å². The molecular weight excluding hydrogens is 578 g/mol. The first-order chi connectivity index (χ1) is 21.0. The first-order valence-electron chi connectivity index (χ1n) is 13.6. The number of benzene rings is 6. The molecule has 6 rings (SSSR count). The lowest BCUT2D eigenvalue weighted by Gasteiger charge is -2.21. The fraction of sp³-hybridized carbons (Fsp3) is 0.0833. The molecule has 0 saturated carbocycles. The van der Waals surface area contributed by atoms with Crippen LogP contribution in [0, 0.1) is 34.9 Å². The molecule has 44 heavy (non-hydrogen) atoms. The molecule has 0 atom stereocenters. The third-order valence-corrected chi connectivity index (χ3v) is 7.34. The molecule has 220 valence electrons. The van der Waals surface area contributed by atoms with E-state index in [-0.39, 0.29) is 22.3 Å². The Morgan fingerprint density at radius 2 is 1.05 bits per heavy atom. The number of rotatable bonds is 5. The number of carbonyl (C=O) groups excluding carboxylic acids is 1. The third-order valence-electron chi connectivity index (χ3n) is 7.34. The minimum Gasteiger partial charge on any atom is -0.459 e. The van der Waals surface area contributed by atoms with Crippen molar-refractivity contribution in [1.29, 1.82) is 0 Å². The van der Waals surface area contributed by atoms with Crippen LogP contribution in [-0.4, -0.2) is 12.1 Å². The molecule has 0 saturated heterocycles. The summed E-state index contributed by atoms with van der Waals surface area (Å²) in [5.74, 6) is -9.69. The molecule has 6 aromatic rings. The van der Waals surface area contributed by atoms with Gasteiger partial charge in [0.1, 0.15) is 0 Å². The van der Waals surface area contributed by atoms with Gasteiger partial charge in [0.15, 0.2) is 34.9 Å². The Bertz CT molecular complexity index is 2070. The lowest BCUT2D eigenvalue weighted by atomic mass is 9.84. The van der Waals surface area contributed by atoms with Crippen molar-refractivity contribution in [2.75, 3.05) is 0 Å². The molecule has 8 heteroatoms. The summed E-state index contributed by atoms with van der Waals surface area (Å²) in [5.41, 5.74) is 1.02. The van der Waals surface area contributed by atoms with Gasteiger partial charge in [-0.25, -0.2) is 31.1 Å². The van der Waals surface area contributed by atoms with Crippen molar-refractivity contribution < 1.29 is 35.9 Å². The largest absolute Gasteiger partial charge is 0.459 e. The summed E-state index contributed by atoms with van der Waals surface area (Å²) in [6.45, 7) is 3.28. The van der Waals surface area contributed by atoms with Gasteiger partial charge in [-0.1, -0.05) is 48.5 Å². The summed E-state index contributed by atoms with van der Waals surface area (Å²) in [6, 6.07) is 22.3. The molecule has 0 heterocycles. The minimum absolute atomic E-state index is 0.0443.